The minimum atomic E-state index is -0.201. The number of nitrogens with two attached hydrogens (primary N) is 1. The molecule has 4 nitrogen and oxygen atoms in total. The van der Waals surface area contributed by atoms with Crippen LogP contribution in [0.4, 0.5) is 0 Å². The van der Waals surface area contributed by atoms with Crippen LogP contribution in [0.3, 0.4) is 0 Å². The fourth-order valence-electron chi connectivity index (χ4n) is 1.25. The third-order valence-corrected chi connectivity index (χ3v) is 1.82. The van der Waals surface area contributed by atoms with Crippen LogP contribution in [0.25, 0.3) is 0 Å². The normalized spacial score (nSPS) is 11.7. The van der Waals surface area contributed by atoms with Crippen molar-refractivity contribution in [2.45, 2.75) is 32.7 Å². The highest BCUT2D eigenvalue weighted by Gasteiger charge is 2.19. The molecule has 0 fully saturated rings. The maximum atomic E-state index is 11.0. The number of nitrogens with zero attached hydrogens (tertiary/aromatic N) is 1. The van der Waals surface area contributed by atoms with E-state index in [1.165, 1.54) is 6.07 Å². The van der Waals surface area contributed by atoms with Crippen LogP contribution >= 0.6 is 0 Å². The summed E-state index contributed by atoms with van der Waals surface area (Å²) in [6.45, 7) is 6.45. The van der Waals surface area contributed by atoms with Crippen molar-refractivity contribution in [3.8, 4) is 0 Å². The zero-order chi connectivity index (χ0) is 10.1. The monoisotopic (exact) mass is 181 g/mol. The molecule has 72 valence electrons. The van der Waals surface area contributed by atoms with Crippen molar-refractivity contribution >= 4 is 0 Å². The van der Waals surface area contributed by atoms with Crippen LogP contribution in [0, 0.1) is 0 Å². The molecule has 4 heteroatoms. The molecular weight excluding hydrogens is 166 g/mol. The van der Waals surface area contributed by atoms with Gasteiger partial charge in [-0.1, -0.05) is 20.8 Å². The summed E-state index contributed by atoms with van der Waals surface area (Å²) < 4.78 is 0. The van der Waals surface area contributed by atoms with Crippen LogP contribution in [0.1, 0.15) is 32.0 Å². The number of aromatic nitrogens is 2. The Balaban J connectivity index is 3.30. The van der Waals surface area contributed by atoms with Crippen LogP contribution in [0.5, 0.6) is 0 Å². The molecule has 1 rings (SSSR count). The second kappa shape index (κ2) is 3.30. The van der Waals surface area contributed by atoms with Gasteiger partial charge in [-0.05, 0) is 5.56 Å². The molecule has 1 heterocycles. The van der Waals surface area contributed by atoms with E-state index in [0.29, 0.717) is 6.54 Å². The molecule has 1 aromatic rings. The Kier molecular flexibility index (Phi) is 2.52. The highest BCUT2D eigenvalue weighted by Crippen LogP contribution is 2.21. The van der Waals surface area contributed by atoms with E-state index in [-0.39, 0.29) is 11.0 Å². The number of hydrogen-bond acceptors (Lipinski definition) is 3. The van der Waals surface area contributed by atoms with Crippen LogP contribution in [-0.2, 0) is 12.0 Å². The fraction of sp³-hybridized carbons (Fsp3) is 0.556. The van der Waals surface area contributed by atoms with Crippen molar-refractivity contribution in [1.29, 1.82) is 0 Å². The zero-order valence-electron chi connectivity index (χ0n) is 8.22. The Hall–Kier alpha value is -1.16. The van der Waals surface area contributed by atoms with Crippen LogP contribution in [-0.4, -0.2) is 10.2 Å². The molecule has 0 radical (unpaired) electrons. The van der Waals surface area contributed by atoms with Crippen molar-refractivity contribution in [3.05, 3.63) is 27.7 Å². The number of H-pyrrole nitrogens is 1. The van der Waals surface area contributed by atoms with Crippen LogP contribution in [0.15, 0.2) is 10.9 Å². The molecule has 13 heavy (non-hydrogen) atoms. The molecule has 0 saturated heterocycles. The van der Waals surface area contributed by atoms with Crippen LogP contribution in [0.2, 0.25) is 0 Å². The van der Waals surface area contributed by atoms with Gasteiger partial charge >= 0.3 is 0 Å². The van der Waals surface area contributed by atoms with Gasteiger partial charge < -0.3 is 5.73 Å². The van der Waals surface area contributed by atoms with E-state index in [1.807, 2.05) is 20.8 Å². The molecular formula is C9H15N3O. The third-order valence-electron chi connectivity index (χ3n) is 1.82. The van der Waals surface area contributed by atoms with E-state index < -0.39 is 0 Å². The van der Waals surface area contributed by atoms with E-state index >= 15 is 0 Å². The molecule has 0 amide bonds. The molecule has 0 atom stereocenters. The maximum Gasteiger partial charge on any atom is 0.264 e. The largest absolute Gasteiger partial charge is 0.326 e. The van der Waals surface area contributed by atoms with Crippen molar-refractivity contribution in [3.63, 3.8) is 0 Å². The lowest BCUT2D eigenvalue weighted by molar-refractivity contribution is 0.548. The van der Waals surface area contributed by atoms with Gasteiger partial charge in [-0.25, -0.2) is 5.10 Å². The Labute approximate surface area is 77.2 Å². The predicted octanol–water partition coefficient (Wildman–Crippen LogP) is 0.526. The first-order valence-electron chi connectivity index (χ1n) is 4.24. The minimum absolute atomic E-state index is 0.0844. The Bertz CT molecular complexity index is 349. The van der Waals surface area contributed by atoms with E-state index in [1.54, 1.807) is 0 Å². The summed E-state index contributed by atoms with van der Waals surface area (Å²) in [4.78, 5) is 11.0. The summed E-state index contributed by atoms with van der Waals surface area (Å²) in [5.74, 6) is 0. The molecule has 0 aliphatic heterocycles. The van der Waals surface area contributed by atoms with Gasteiger partial charge in [0.15, 0.2) is 0 Å². The lowest BCUT2D eigenvalue weighted by atomic mass is 9.89. The van der Waals surface area contributed by atoms with E-state index in [2.05, 4.69) is 10.2 Å². The van der Waals surface area contributed by atoms with Crippen LogP contribution < -0.4 is 11.3 Å². The second-order valence-corrected chi connectivity index (χ2v) is 4.06. The highest BCUT2D eigenvalue weighted by atomic mass is 16.1. The van der Waals surface area contributed by atoms with Crippen molar-refractivity contribution in [1.82, 2.24) is 10.2 Å². The minimum Gasteiger partial charge on any atom is -0.326 e. The summed E-state index contributed by atoms with van der Waals surface area (Å²) >= 11 is 0. The molecule has 0 unspecified atom stereocenters. The zero-order valence-corrected chi connectivity index (χ0v) is 8.22. The smallest absolute Gasteiger partial charge is 0.264 e. The molecule has 0 spiro atoms. The average Bonchev–Trinajstić information content (AvgIpc) is 2.01. The third kappa shape index (κ3) is 2.15. The van der Waals surface area contributed by atoms with Gasteiger partial charge in [0.1, 0.15) is 0 Å². The summed E-state index contributed by atoms with van der Waals surface area (Å²) in [5.41, 5.74) is 6.91. The Morgan fingerprint density at radius 2 is 2.15 bits per heavy atom. The van der Waals surface area contributed by atoms with Gasteiger partial charge in [0.25, 0.3) is 5.56 Å². The molecule has 0 aliphatic rings. The molecule has 3 N–H and O–H groups in total. The molecule has 0 aromatic carbocycles. The van der Waals surface area contributed by atoms with Gasteiger partial charge in [0.2, 0.25) is 0 Å². The fourth-order valence-corrected chi connectivity index (χ4v) is 1.25. The van der Waals surface area contributed by atoms with Crippen molar-refractivity contribution < 1.29 is 0 Å². The van der Waals surface area contributed by atoms with Gasteiger partial charge in [-0.2, -0.15) is 5.10 Å². The van der Waals surface area contributed by atoms with Gasteiger partial charge in [0, 0.05) is 18.0 Å². The Morgan fingerprint density at radius 3 is 2.62 bits per heavy atom. The van der Waals surface area contributed by atoms with Gasteiger partial charge in [0.05, 0.1) is 5.69 Å². The molecule has 0 saturated carbocycles. The standard InChI is InChI=1S/C9H15N3O/c1-9(2,3)8-6(5-10)4-7(13)11-12-8/h4H,5,10H2,1-3H3,(H,11,13). The second-order valence-electron chi connectivity index (χ2n) is 4.06. The summed E-state index contributed by atoms with van der Waals surface area (Å²) in [5, 5.41) is 6.42. The molecule has 0 aliphatic carbocycles. The van der Waals surface area contributed by atoms with E-state index in [4.69, 9.17) is 5.73 Å². The average molecular weight is 181 g/mol. The molecule has 1 aromatic heterocycles. The molecule has 0 bridgehead atoms. The quantitative estimate of drug-likeness (QED) is 0.663. The lowest BCUT2D eigenvalue weighted by Crippen LogP contribution is -2.23. The van der Waals surface area contributed by atoms with Gasteiger partial charge in [-0.3, -0.25) is 4.79 Å². The first kappa shape index (κ1) is 9.92. The summed E-state index contributed by atoms with van der Waals surface area (Å²) in [6.07, 6.45) is 0. The number of aromatic amines is 1. The number of rotatable bonds is 1. The topological polar surface area (TPSA) is 71.8 Å². The maximum absolute atomic E-state index is 11.0. The first-order valence-corrected chi connectivity index (χ1v) is 4.24. The lowest BCUT2D eigenvalue weighted by Gasteiger charge is -2.19. The summed E-state index contributed by atoms with van der Waals surface area (Å²) in [6, 6.07) is 1.51. The number of hydrogen-bond donors (Lipinski definition) is 2. The van der Waals surface area contributed by atoms with E-state index in [0.717, 1.165) is 11.3 Å². The highest BCUT2D eigenvalue weighted by molar-refractivity contribution is 5.23. The van der Waals surface area contributed by atoms with E-state index in [9.17, 15) is 4.79 Å². The van der Waals surface area contributed by atoms with Gasteiger partial charge in [-0.15, -0.1) is 0 Å². The van der Waals surface area contributed by atoms with Crippen molar-refractivity contribution in [2.75, 3.05) is 0 Å². The van der Waals surface area contributed by atoms with Crippen molar-refractivity contribution in [2.24, 2.45) is 5.73 Å². The summed E-state index contributed by atoms with van der Waals surface area (Å²) in [7, 11) is 0. The SMILES string of the molecule is CC(C)(C)c1n[nH]c(=O)cc1CN. The predicted molar refractivity (Wildman–Crippen MR) is 51.4 cm³/mol. The first-order chi connectivity index (χ1) is 5.95. The Morgan fingerprint density at radius 1 is 1.54 bits per heavy atom. The number of nitrogens with one attached hydrogen (secondary N) is 1.